The highest BCUT2D eigenvalue weighted by atomic mass is 79.9. The summed E-state index contributed by atoms with van der Waals surface area (Å²) in [5.74, 6) is -0.884. The van der Waals surface area contributed by atoms with Crippen LogP contribution in [0.25, 0.3) is 0 Å². The van der Waals surface area contributed by atoms with Crippen molar-refractivity contribution in [2.45, 2.75) is 26.3 Å². The van der Waals surface area contributed by atoms with Gasteiger partial charge in [0.15, 0.2) is 0 Å². The molecule has 1 aromatic carbocycles. The van der Waals surface area contributed by atoms with Crippen LogP contribution in [-0.4, -0.2) is 23.1 Å². The summed E-state index contributed by atoms with van der Waals surface area (Å²) in [7, 11) is 0. The summed E-state index contributed by atoms with van der Waals surface area (Å²) in [5, 5.41) is 14.1. The number of hydrogen-bond acceptors (Lipinski definition) is 2. The molecule has 2 amide bonds. The van der Waals surface area contributed by atoms with Gasteiger partial charge in [-0.15, -0.1) is 0 Å². The van der Waals surface area contributed by atoms with E-state index in [9.17, 15) is 9.59 Å². The Labute approximate surface area is 120 Å². The number of aliphatic carboxylic acids is 1. The molecule has 3 N–H and O–H groups in total. The van der Waals surface area contributed by atoms with Crippen molar-refractivity contribution in [1.82, 2.24) is 5.32 Å². The Kier molecular flexibility index (Phi) is 5.82. The van der Waals surface area contributed by atoms with Crippen molar-refractivity contribution in [3.63, 3.8) is 0 Å². The molecule has 104 valence electrons. The van der Waals surface area contributed by atoms with Gasteiger partial charge in [0.2, 0.25) is 0 Å². The van der Waals surface area contributed by atoms with Crippen molar-refractivity contribution >= 4 is 33.6 Å². The summed E-state index contributed by atoms with van der Waals surface area (Å²) in [6.07, 6.45) is -0.0937. The van der Waals surface area contributed by atoms with E-state index in [2.05, 4.69) is 26.6 Å². The normalized spacial score (nSPS) is 12.0. The molecule has 0 aliphatic carbocycles. The van der Waals surface area contributed by atoms with Crippen molar-refractivity contribution in [2.75, 3.05) is 5.32 Å². The Morgan fingerprint density at radius 3 is 2.58 bits per heavy atom. The molecule has 0 aliphatic heterocycles. The number of carboxylic acid groups (broad SMARTS) is 1. The number of carbonyl (C=O) groups excluding carboxylic acids is 1. The minimum atomic E-state index is -0.929. The Hall–Kier alpha value is -1.56. The van der Waals surface area contributed by atoms with Crippen LogP contribution >= 0.6 is 15.9 Å². The highest BCUT2D eigenvalue weighted by molar-refractivity contribution is 9.10. The minimum Gasteiger partial charge on any atom is -0.481 e. The van der Waals surface area contributed by atoms with Crippen LogP contribution < -0.4 is 10.6 Å². The van der Waals surface area contributed by atoms with Gasteiger partial charge >= 0.3 is 12.0 Å². The number of benzene rings is 1. The number of anilines is 1. The summed E-state index contributed by atoms with van der Waals surface area (Å²) >= 11 is 3.31. The fraction of sp³-hybridized carbons (Fsp3) is 0.385. The maximum Gasteiger partial charge on any atom is 0.319 e. The second kappa shape index (κ2) is 7.13. The molecule has 1 unspecified atom stereocenters. The molecule has 0 saturated carbocycles. The van der Waals surface area contributed by atoms with Gasteiger partial charge in [-0.05, 0) is 24.1 Å². The number of hydrogen-bond donors (Lipinski definition) is 3. The first-order valence-corrected chi connectivity index (χ1v) is 6.72. The van der Waals surface area contributed by atoms with Crippen LogP contribution in [0.4, 0.5) is 10.5 Å². The summed E-state index contributed by atoms with van der Waals surface area (Å²) in [6, 6.07) is 6.37. The molecular weight excluding hydrogens is 312 g/mol. The lowest BCUT2D eigenvalue weighted by Crippen LogP contribution is -2.42. The SMILES string of the molecule is CC(C)C(CC(=O)O)NC(=O)Nc1cccc(Br)c1. The van der Waals surface area contributed by atoms with Crippen LogP contribution in [0.1, 0.15) is 20.3 Å². The van der Waals surface area contributed by atoms with Crippen LogP contribution in [-0.2, 0) is 4.79 Å². The van der Waals surface area contributed by atoms with Crippen molar-refractivity contribution in [3.8, 4) is 0 Å². The van der Waals surface area contributed by atoms with Gasteiger partial charge in [0.05, 0.1) is 6.42 Å². The van der Waals surface area contributed by atoms with E-state index < -0.39 is 18.0 Å². The quantitative estimate of drug-likeness (QED) is 0.777. The molecule has 0 fully saturated rings. The zero-order valence-corrected chi connectivity index (χ0v) is 12.4. The fourth-order valence-electron chi connectivity index (χ4n) is 1.54. The third-order valence-corrected chi connectivity index (χ3v) is 3.09. The lowest BCUT2D eigenvalue weighted by molar-refractivity contribution is -0.137. The smallest absolute Gasteiger partial charge is 0.319 e. The van der Waals surface area contributed by atoms with Crippen molar-refractivity contribution in [1.29, 1.82) is 0 Å². The van der Waals surface area contributed by atoms with Gasteiger partial charge in [-0.2, -0.15) is 0 Å². The molecule has 1 rings (SSSR count). The molecule has 0 saturated heterocycles. The molecule has 0 radical (unpaired) electrons. The number of rotatable bonds is 5. The molecule has 0 heterocycles. The van der Waals surface area contributed by atoms with Crippen LogP contribution in [0, 0.1) is 5.92 Å². The number of nitrogens with one attached hydrogen (secondary N) is 2. The Balaban J connectivity index is 2.60. The average Bonchev–Trinajstić information content (AvgIpc) is 2.27. The number of urea groups is 1. The first kappa shape index (κ1) is 15.5. The second-order valence-corrected chi connectivity index (χ2v) is 5.47. The van der Waals surface area contributed by atoms with E-state index in [0.29, 0.717) is 5.69 Å². The standard InChI is InChI=1S/C13H17BrN2O3/c1-8(2)11(7-12(17)18)16-13(19)15-10-5-3-4-9(14)6-10/h3-6,8,11H,7H2,1-2H3,(H,17,18)(H2,15,16,19). The average molecular weight is 329 g/mol. The molecule has 0 bridgehead atoms. The first-order chi connectivity index (χ1) is 8.88. The van der Waals surface area contributed by atoms with Crippen LogP contribution in [0.5, 0.6) is 0 Å². The minimum absolute atomic E-state index is 0.0457. The lowest BCUT2D eigenvalue weighted by atomic mass is 10.0. The topological polar surface area (TPSA) is 78.4 Å². The maximum atomic E-state index is 11.8. The Morgan fingerprint density at radius 1 is 1.37 bits per heavy atom. The van der Waals surface area contributed by atoms with Gasteiger partial charge in [0, 0.05) is 16.2 Å². The Bertz CT molecular complexity index is 463. The molecule has 6 heteroatoms. The zero-order chi connectivity index (χ0) is 14.4. The van der Waals surface area contributed by atoms with E-state index in [1.807, 2.05) is 19.9 Å². The maximum absolute atomic E-state index is 11.8. The van der Waals surface area contributed by atoms with Crippen molar-refractivity contribution < 1.29 is 14.7 Å². The van der Waals surface area contributed by atoms with Crippen LogP contribution in [0.2, 0.25) is 0 Å². The van der Waals surface area contributed by atoms with E-state index in [1.165, 1.54) is 0 Å². The van der Waals surface area contributed by atoms with E-state index in [1.54, 1.807) is 18.2 Å². The van der Waals surface area contributed by atoms with Crippen LogP contribution in [0.15, 0.2) is 28.7 Å². The fourth-order valence-corrected chi connectivity index (χ4v) is 1.94. The van der Waals surface area contributed by atoms with Gasteiger partial charge in [0.25, 0.3) is 0 Å². The number of carboxylic acids is 1. The van der Waals surface area contributed by atoms with Crippen molar-refractivity contribution in [2.24, 2.45) is 5.92 Å². The number of carbonyl (C=O) groups is 2. The van der Waals surface area contributed by atoms with Gasteiger partial charge in [-0.25, -0.2) is 4.79 Å². The van der Waals surface area contributed by atoms with E-state index in [0.717, 1.165) is 4.47 Å². The predicted molar refractivity (Wildman–Crippen MR) is 77.2 cm³/mol. The van der Waals surface area contributed by atoms with Gasteiger partial charge in [-0.3, -0.25) is 4.79 Å². The largest absolute Gasteiger partial charge is 0.481 e. The summed E-state index contributed by atoms with van der Waals surface area (Å²) in [6.45, 7) is 3.74. The molecule has 0 spiro atoms. The molecule has 0 aliphatic rings. The number of amides is 2. The van der Waals surface area contributed by atoms with E-state index >= 15 is 0 Å². The van der Waals surface area contributed by atoms with Gasteiger partial charge in [0.1, 0.15) is 0 Å². The third-order valence-electron chi connectivity index (χ3n) is 2.60. The summed E-state index contributed by atoms with van der Waals surface area (Å²) in [4.78, 5) is 22.5. The van der Waals surface area contributed by atoms with Gasteiger partial charge in [-0.1, -0.05) is 35.8 Å². The molecular formula is C13H17BrN2O3. The summed E-state index contributed by atoms with van der Waals surface area (Å²) in [5.41, 5.74) is 0.643. The van der Waals surface area contributed by atoms with E-state index in [-0.39, 0.29) is 12.3 Å². The molecule has 5 nitrogen and oxygen atoms in total. The Morgan fingerprint density at radius 2 is 2.05 bits per heavy atom. The first-order valence-electron chi connectivity index (χ1n) is 5.93. The number of halogens is 1. The molecule has 1 aromatic rings. The zero-order valence-electron chi connectivity index (χ0n) is 10.8. The third kappa shape index (κ3) is 5.74. The predicted octanol–water partition coefficient (Wildman–Crippen LogP) is 3.07. The summed E-state index contributed by atoms with van der Waals surface area (Å²) < 4.78 is 0.858. The highest BCUT2D eigenvalue weighted by Crippen LogP contribution is 2.15. The lowest BCUT2D eigenvalue weighted by Gasteiger charge is -2.20. The van der Waals surface area contributed by atoms with Crippen molar-refractivity contribution in [3.05, 3.63) is 28.7 Å². The van der Waals surface area contributed by atoms with Crippen LogP contribution in [0.3, 0.4) is 0 Å². The second-order valence-electron chi connectivity index (χ2n) is 4.56. The van der Waals surface area contributed by atoms with E-state index in [4.69, 9.17) is 5.11 Å². The molecule has 1 atom stereocenters. The van der Waals surface area contributed by atoms with Gasteiger partial charge < -0.3 is 15.7 Å². The molecule has 19 heavy (non-hydrogen) atoms. The highest BCUT2D eigenvalue weighted by Gasteiger charge is 2.19. The molecule has 0 aromatic heterocycles. The monoisotopic (exact) mass is 328 g/mol.